The van der Waals surface area contributed by atoms with Gasteiger partial charge in [-0.25, -0.2) is 9.97 Å². The van der Waals surface area contributed by atoms with E-state index in [1.807, 2.05) is 22.7 Å². The average molecular weight is 441 g/mol. The SMILES string of the molecule is N#Cc1cc(C2CC2)cn2cc(CN3C=C(C(=O)NC4CCc5c4ccnc5N)NN3)nc12. The average Bonchev–Trinajstić information content (AvgIpc) is 3.21. The maximum atomic E-state index is 12.8. The fraction of sp³-hybridized carbons (Fsp3) is 0.304. The highest BCUT2D eigenvalue weighted by molar-refractivity contribution is 5.93. The summed E-state index contributed by atoms with van der Waals surface area (Å²) in [5.41, 5.74) is 17.6. The summed E-state index contributed by atoms with van der Waals surface area (Å²) in [5, 5.41) is 14.4. The standard InChI is InChI=1S/C23H23N9O/c24-8-14-7-15(13-1-2-13)9-31-10-16(27-22(14)31)11-32-12-20(29-30-32)23(33)28-19-4-3-18-17(19)5-6-26-21(18)25/h5-7,9-10,12-13,19,29-30H,1-4,11H2,(H2,25,26)(H,28,33). The van der Waals surface area contributed by atoms with Crippen molar-refractivity contribution in [3.8, 4) is 6.07 Å². The lowest BCUT2D eigenvalue weighted by Gasteiger charge is -2.14. The van der Waals surface area contributed by atoms with E-state index >= 15 is 0 Å². The predicted molar refractivity (Wildman–Crippen MR) is 120 cm³/mol. The van der Waals surface area contributed by atoms with Gasteiger partial charge in [-0.2, -0.15) is 5.26 Å². The number of hydrazine groups is 2. The molecule has 1 amide bonds. The summed E-state index contributed by atoms with van der Waals surface area (Å²) in [4.78, 5) is 21.6. The summed E-state index contributed by atoms with van der Waals surface area (Å²) >= 11 is 0. The number of nitrogens with two attached hydrogens (primary N) is 1. The number of carbonyl (C=O) groups excluding carboxylic acids is 1. The molecule has 0 saturated heterocycles. The summed E-state index contributed by atoms with van der Waals surface area (Å²) in [7, 11) is 0. The van der Waals surface area contributed by atoms with Crippen molar-refractivity contribution in [2.75, 3.05) is 5.73 Å². The quantitative estimate of drug-likeness (QED) is 0.468. The van der Waals surface area contributed by atoms with Gasteiger partial charge in [0.05, 0.1) is 23.8 Å². The Labute approximate surface area is 190 Å². The summed E-state index contributed by atoms with van der Waals surface area (Å²) in [6, 6.07) is 6.05. The van der Waals surface area contributed by atoms with Crippen molar-refractivity contribution in [1.29, 1.82) is 5.26 Å². The molecule has 1 saturated carbocycles. The lowest BCUT2D eigenvalue weighted by molar-refractivity contribution is -0.118. The van der Waals surface area contributed by atoms with Crippen LogP contribution in [0.5, 0.6) is 0 Å². The van der Waals surface area contributed by atoms with E-state index in [0.717, 1.165) is 29.7 Å². The summed E-state index contributed by atoms with van der Waals surface area (Å²) in [6.45, 7) is 0.434. The summed E-state index contributed by atoms with van der Waals surface area (Å²) < 4.78 is 1.93. The zero-order valence-electron chi connectivity index (χ0n) is 17.9. The molecule has 3 aromatic rings. The van der Waals surface area contributed by atoms with Gasteiger partial charge in [0.2, 0.25) is 0 Å². The number of carbonyl (C=O) groups is 1. The maximum absolute atomic E-state index is 12.8. The molecular weight excluding hydrogens is 418 g/mol. The van der Waals surface area contributed by atoms with E-state index in [1.54, 1.807) is 17.4 Å². The third-order valence-electron chi connectivity index (χ3n) is 6.48. The fourth-order valence-corrected chi connectivity index (χ4v) is 4.65. The Morgan fingerprint density at radius 3 is 3.03 bits per heavy atom. The molecule has 1 fully saturated rings. The Hall–Kier alpha value is -4.10. The molecule has 4 heterocycles. The van der Waals surface area contributed by atoms with Gasteiger partial charge in [0.1, 0.15) is 17.6 Å². The Morgan fingerprint density at radius 2 is 2.21 bits per heavy atom. The van der Waals surface area contributed by atoms with E-state index in [9.17, 15) is 10.1 Å². The van der Waals surface area contributed by atoms with Crippen LogP contribution in [-0.4, -0.2) is 25.3 Å². The molecule has 2 aliphatic carbocycles. The van der Waals surface area contributed by atoms with Gasteiger partial charge in [0.25, 0.3) is 5.91 Å². The van der Waals surface area contributed by atoms with Crippen LogP contribution >= 0.6 is 0 Å². The third kappa shape index (κ3) is 3.52. The first-order valence-electron chi connectivity index (χ1n) is 11.0. The Bertz CT molecular complexity index is 1350. The van der Waals surface area contributed by atoms with E-state index in [1.165, 1.54) is 18.4 Å². The van der Waals surface area contributed by atoms with Gasteiger partial charge in [-0.15, -0.1) is 5.53 Å². The molecule has 3 aromatic heterocycles. The number of amides is 1. The van der Waals surface area contributed by atoms with Crippen molar-refractivity contribution in [1.82, 2.24) is 35.7 Å². The van der Waals surface area contributed by atoms with Crippen LogP contribution in [0, 0.1) is 11.3 Å². The molecule has 6 rings (SSSR count). The lowest BCUT2D eigenvalue weighted by Crippen LogP contribution is -2.39. The highest BCUT2D eigenvalue weighted by Crippen LogP contribution is 2.40. The molecule has 10 heteroatoms. The van der Waals surface area contributed by atoms with Crippen molar-refractivity contribution in [3.63, 3.8) is 0 Å². The number of anilines is 1. The van der Waals surface area contributed by atoms with Crippen molar-refractivity contribution in [2.45, 2.75) is 44.2 Å². The van der Waals surface area contributed by atoms with Gasteiger partial charge in [-0.05, 0) is 60.4 Å². The second-order valence-corrected chi connectivity index (χ2v) is 8.77. The molecule has 1 unspecified atom stereocenters. The Balaban J connectivity index is 1.16. The van der Waals surface area contributed by atoms with Crippen LogP contribution in [-0.2, 0) is 17.8 Å². The van der Waals surface area contributed by atoms with E-state index in [2.05, 4.69) is 38.5 Å². The number of pyridine rings is 2. The minimum atomic E-state index is -0.200. The number of hydrogen-bond donors (Lipinski definition) is 4. The van der Waals surface area contributed by atoms with Gasteiger partial charge in [0.15, 0.2) is 5.65 Å². The molecule has 5 N–H and O–H groups in total. The first kappa shape index (κ1) is 19.6. The number of hydrogen-bond acceptors (Lipinski definition) is 8. The number of nitrogens with zero attached hydrogens (tertiary/aromatic N) is 5. The number of imidazole rings is 1. The molecule has 0 spiro atoms. The minimum Gasteiger partial charge on any atom is -0.383 e. The Morgan fingerprint density at radius 1 is 1.33 bits per heavy atom. The molecule has 166 valence electrons. The molecular formula is C23H23N9O. The molecule has 0 radical (unpaired) electrons. The van der Waals surface area contributed by atoms with Gasteiger partial charge in [-0.1, -0.05) is 0 Å². The van der Waals surface area contributed by atoms with Crippen molar-refractivity contribution in [2.24, 2.45) is 0 Å². The van der Waals surface area contributed by atoms with Gasteiger partial charge in [0, 0.05) is 24.8 Å². The van der Waals surface area contributed by atoms with Gasteiger partial charge in [-0.3, -0.25) is 15.2 Å². The van der Waals surface area contributed by atoms with Crippen LogP contribution in [0.2, 0.25) is 0 Å². The molecule has 33 heavy (non-hydrogen) atoms. The van der Waals surface area contributed by atoms with E-state index in [4.69, 9.17) is 5.73 Å². The zero-order chi connectivity index (χ0) is 22.5. The maximum Gasteiger partial charge on any atom is 0.270 e. The number of fused-ring (bicyclic) bond motifs is 2. The molecule has 0 bridgehead atoms. The van der Waals surface area contributed by atoms with Crippen LogP contribution < -0.4 is 22.0 Å². The monoisotopic (exact) mass is 441 g/mol. The number of rotatable bonds is 5. The smallest absolute Gasteiger partial charge is 0.270 e. The van der Waals surface area contributed by atoms with Crippen LogP contribution in [0.25, 0.3) is 5.65 Å². The van der Waals surface area contributed by atoms with E-state index in [-0.39, 0.29) is 11.9 Å². The number of nitriles is 1. The van der Waals surface area contributed by atoms with Crippen molar-refractivity contribution >= 4 is 17.4 Å². The van der Waals surface area contributed by atoms with Crippen LogP contribution in [0.4, 0.5) is 5.82 Å². The van der Waals surface area contributed by atoms with Gasteiger partial charge >= 0.3 is 0 Å². The molecule has 3 aliphatic rings. The fourth-order valence-electron chi connectivity index (χ4n) is 4.65. The van der Waals surface area contributed by atoms with Crippen molar-refractivity contribution < 1.29 is 4.79 Å². The molecule has 1 atom stereocenters. The van der Waals surface area contributed by atoms with Gasteiger partial charge < -0.3 is 15.5 Å². The third-order valence-corrected chi connectivity index (χ3v) is 6.48. The second-order valence-electron chi connectivity index (χ2n) is 8.77. The minimum absolute atomic E-state index is 0.0851. The van der Waals surface area contributed by atoms with Crippen molar-refractivity contribution in [3.05, 3.63) is 70.6 Å². The molecule has 0 aromatic carbocycles. The van der Waals surface area contributed by atoms with Crippen LogP contribution in [0.15, 0.2) is 42.6 Å². The largest absolute Gasteiger partial charge is 0.383 e. The highest BCUT2D eigenvalue weighted by Gasteiger charge is 2.28. The number of aromatic nitrogens is 3. The van der Waals surface area contributed by atoms with Crippen LogP contribution in [0.3, 0.4) is 0 Å². The van der Waals surface area contributed by atoms with E-state index in [0.29, 0.717) is 35.2 Å². The Kier molecular flexibility index (Phi) is 4.45. The molecule has 10 nitrogen and oxygen atoms in total. The lowest BCUT2D eigenvalue weighted by atomic mass is 10.1. The summed E-state index contributed by atoms with van der Waals surface area (Å²) in [5.74, 6) is 0.890. The van der Waals surface area contributed by atoms with Crippen LogP contribution in [0.1, 0.15) is 59.2 Å². The second kappa shape index (κ2) is 7.50. The zero-order valence-corrected chi connectivity index (χ0v) is 17.9. The number of nitrogens with one attached hydrogen (secondary N) is 3. The normalized spacial score (nSPS) is 19.2. The summed E-state index contributed by atoms with van der Waals surface area (Å²) in [6.07, 6.45) is 11.3. The topological polar surface area (TPSA) is 136 Å². The number of nitrogen functional groups attached to an aromatic ring is 1. The highest BCUT2D eigenvalue weighted by atomic mass is 16.2. The first-order chi connectivity index (χ1) is 16.1. The molecule has 1 aliphatic heterocycles. The predicted octanol–water partition coefficient (Wildman–Crippen LogP) is 1.53. The first-order valence-corrected chi connectivity index (χ1v) is 11.0. The van der Waals surface area contributed by atoms with E-state index < -0.39 is 0 Å².